The first kappa shape index (κ1) is 15.6. The van der Waals surface area contributed by atoms with Crippen molar-refractivity contribution >= 4 is 0 Å². The molecule has 2 aromatic rings. The molecule has 1 aromatic heterocycles. The predicted octanol–water partition coefficient (Wildman–Crippen LogP) is 5.02. The molecule has 1 heterocycles. The molecule has 1 N–H and O–H groups in total. The second-order valence-electron chi connectivity index (χ2n) is 5.14. The summed E-state index contributed by atoms with van der Waals surface area (Å²) >= 11 is 0. The quantitative estimate of drug-likeness (QED) is 0.857. The van der Waals surface area contributed by atoms with Crippen molar-refractivity contribution in [3.8, 4) is 0 Å². The third-order valence-electron chi connectivity index (χ3n) is 3.42. The Morgan fingerprint density at radius 3 is 2.24 bits per heavy atom. The highest BCUT2D eigenvalue weighted by atomic mass is 19.4. The van der Waals surface area contributed by atoms with Crippen LogP contribution in [0.5, 0.6) is 0 Å². The molecule has 2 nitrogen and oxygen atoms in total. The molecule has 0 bridgehead atoms. The van der Waals surface area contributed by atoms with Crippen molar-refractivity contribution in [3.05, 3.63) is 59.0 Å². The van der Waals surface area contributed by atoms with E-state index in [2.05, 4.69) is 5.32 Å². The minimum atomic E-state index is -4.35. The third-order valence-corrected chi connectivity index (χ3v) is 3.42. The summed E-state index contributed by atoms with van der Waals surface area (Å²) in [5, 5.41) is 3.14. The summed E-state index contributed by atoms with van der Waals surface area (Å²) in [6, 6.07) is 8.67. The highest BCUT2D eigenvalue weighted by Crippen LogP contribution is 2.35. The predicted molar refractivity (Wildman–Crippen MR) is 74.9 cm³/mol. The fraction of sp³-hybridized carbons (Fsp3) is 0.375. The minimum absolute atomic E-state index is 0.171. The number of hydrogen-bond acceptors (Lipinski definition) is 2. The largest absolute Gasteiger partial charge is 0.465 e. The molecule has 0 saturated carbocycles. The van der Waals surface area contributed by atoms with Crippen molar-refractivity contribution in [3.63, 3.8) is 0 Å². The van der Waals surface area contributed by atoms with Crippen LogP contribution in [-0.4, -0.2) is 0 Å². The Bertz CT molecular complexity index is 604. The van der Waals surface area contributed by atoms with E-state index in [1.54, 1.807) is 13.0 Å². The first-order chi connectivity index (χ1) is 9.79. The Morgan fingerprint density at radius 2 is 1.67 bits per heavy atom. The Morgan fingerprint density at radius 1 is 1.00 bits per heavy atom. The van der Waals surface area contributed by atoms with E-state index < -0.39 is 17.8 Å². The second-order valence-corrected chi connectivity index (χ2v) is 5.14. The number of rotatable bonds is 4. The van der Waals surface area contributed by atoms with Crippen LogP contribution in [0.25, 0.3) is 0 Å². The molecule has 0 fully saturated rings. The summed E-state index contributed by atoms with van der Waals surface area (Å²) in [5.74, 6) is 1.49. The van der Waals surface area contributed by atoms with Crippen LogP contribution >= 0.6 is 0 Å². The van der Waals surface area contributed by atoms with Gasteiger partial charge in [-0.3, -0.25) is 0 Å². The summed E-state index contributed by atoms with van der Waals surface area (Å²) in [7, 11) is 0. The van der Waals surface area contributed by atoms with Gasteiger partial charge >= 0.3 is 6.18 Å². The fourth-order valence-corrected chi connectivity index (χ4v) is 2.37. The van der Waals surface area contributed by atoms with E-state index in [4.69, 9.17) is 4.42 Å². The highest BCUT2D eigenvalue weighted by molar-refractivity contribution is 5.32. The summed E-state index contributed by atoms with van der Waals surface area (Å²) in [4.78, 5) is 0. The number of halogens is 3. The van der Waals surface area contributed by atoms with Gasteiger partial charge in [-0.25, -0.2) is 0 Å². The van der Waals surface area contributed by atoms with E-state index in [1.807, 2.05) is 26.0 Å². The van der Waals surface area contributed by atoms with E-state index in [0.29, 0.717) is 5.76 Å². The van der Waals surface area contributed by atoms with Crippen LogP contribution in [0.15, 0.2) is 40.8 Å². The molecule has 0 aliphatic carbocycles. The molecule has 0 aliphatic heterocycles. The Labute approximate surface area is 122 Å². The number of aryl methyl sites for hydroxylation is 1. The van der Waals surface area contributed by atoms with Crippen molar-refractivity contribution in [1.82, 2.24) is 5.32 Å². The topological polar surface area (TPSA) is 25.2 Å². The van der Waals surface area contributed by atoms with Crippen molar-refractivity contribution in [2.24, 2.45) is 0 Å². The smallest absolute Gasteiger partial charge is 0.416 e. The van der Waals surface area contributed by atoms with Crippen LogP contribution in [0.2, 0.25) is 0 Å². The van der Waals surface area contributed by atoms with Crippen LogP contribution in [0, 0.1) is 6.92 Å². The van der Waals surface area contributed by atoms with Crippen LogP contribution in [0.4, 0.5) is 13.2 Å². The van der Waals surface area contributed by atoms with E-state index >= 15 is 0 Å². The zero-order valence-corrected chi connectivity index (χ0v) is 12.2. The van der Waals surface area contributed by atoms with Crippen LogP contribution in [0.3, 0.4) is 0 Å². The zero-order chi connectivity index (χ0) is 15.6. The third kappa shape index (κ3) is 3.67. The van der Waals surface area contributed by atoms with Gasteiger partial charge in [0.05, 0.1) is 11.6 Å². The average molecular weight is 297 g/mol. The van der Waals surface area contributed by atoms with Gasteiger partial charge in [-0.05, 0) is 44.5 Å². The first-order valence-electron chi connectivity index (χ1n) is 6.77. The second kappa shape index (κ2) is 5.93. The minimum Gasteiger partial charge on any atom is -0.465 e. The summed E-state index contributed by atoms with van der Waals surface area (Å²) in [5.41, 5.74) is -0.368. The van der Waals surface area contributed by atoms with E-state index in [1.165, 1.54) is 12.1 Å². The maximum atomic E-state index is 13.0. The van der Waals surface area contributed by atoms with Gasteiger partial charge in [0, 0.05) is 6.04 Å². The molecule has 0 amide bonds. The molecule has 0 saturated heterocycles. The zero-order valence-electron chi connectivity index (χ0n) is 12.2. The SMILES string of the molecule is Cc1ccc(C(C)NC(C)c2ccccc2C(F)(F)F)o1. The molecule has 21 heavy (non-hydrogen) atoms. The van der Waals surface area contributed by atoms with Gasteiger partial charge in [-0.1, -0.05) is 18.2 Å². The van der Waals surface area contributed by atoms with E-state index in [-0.39, 0.29) is 11.6 Å². The normalized spacial score (nSPS) is 15.0. The Balaban J connectivity index is 2.19. The lowest BCUT2D eigenvalue weighted by Crippen LogP contribution is -2.24. The standard InChI is InChI=1S/C16H18F3NO/c1-10-8-9-15(21-10)12(3)20-11(2)13-6-4-5-7-14(13)16(17,18)19/h4-9,11-12,20H,1-3H3. The molecule has 0 aliphatic rings. The lowest BCUT2D eigenvalue weighted by molar-refractivity contribution is -0.138. The molecule has 5 heteroatoms. The molecule has 1 aromatic carbocycles. The maximum absolute atomic E-state index is 13.0. The molecule has 0 spiro atoms. The van der Waals surface area contributed by atoms with Crippen molar-refractivity contribution < 1.29 is 17.6 Å². The summed E-state index contributed by atoms with van der Waals surface area (Å²) < 4.78 is 44.6. The van der Waals surface area contributed by atoms with Crippen molar-refractivity contribution in [2.75, 3.05) is 0 Å². The number of hydrogen-bond donors (Lipinski definition) is 1. The van der Waals surface area contributed by atoms with Gasteiger partial charge in [0.25, 0.3) is 0 Å². The van der Waals surface area contributed by atoms with Crippen LogP contribution in [-0.2, 0) is 6.18 Å². The number of furan rings is 1. The first-order valence-corrected chi connectivity index (χ1v) is 6.77. The van der Waals surface area contributed by atoms with Crippen LogP contribution < -0.4 is 5.32 Å². The van der Waals surface area contributed by atoms with Crippen molar-refractivity contribution in [2.45, 2.75) is 39.0 Å². The van der Waals surface area contributed by atoms with Gasteiger partial charge in [-0.2, -0.15) is 13.2 Å². The van der Waals surface area contributed by atoms with E-state index in [0.717, 1.165) is 11.8 Å². The number of nitrogens with one attached hydrogen (secondary N) is 1. The van der Waals surface area contributed by atoms with Crippen molar-refractivity contribution in [1.29, 1.82) is 0 Å². The molecule has 2 unspecified atom stereocenters. The monoisotopic (exact) mass is 297 g/mol. The molecule has 114 valence electrons. The van der Waals surface area contributed by atoms with Gasteiger partial charge in [0.2, 0.25) is 0 Å². The Hall–Kier alpha value is -1.75. The van der Waals surface area contributed by atoms with Gasteiger partial charge < -0.3 is 9.73 Å². The summed E-state index contributed by atoms with van der Waals surface area (Å²) in [6.45, 7) is 5.42. The highest BCUT2D eigenvalue weighted by Gasteiger charge is 2.34. The molecule has 2 rings (SSSR count). The molecular formula is C16H18F3NO. The lowest BCUT2D eigenvalue weighted by atomic mass is 10.00. The summed E-state index contributed by atoms with van der Waals surface area (Å²) in [6.07, 6.45) is -4.35. The van der Waals surface area contributed by atoms with Gasteiger partial charge in [0.15, 0.2) is 0 Å². The Kier molecular flexibility index (Phi) is 4.42. The molecular weight excluding hydrogens is 279 g/mol. The van der Waals surface area contributed by atoms with Crippen LogP contribution in [0.1, 0.15) is 48.6 Å². The number of benzene rings is 1. The van der Waals surface area contributed by atoms with Gasteiger partial charge in [0.1, 0.15) is 11.5 Å². The fourth-order valence-electron chi connectivity index (χ4n) is 2.37. The lowest BCUT2D eigenvalue weighted by Gasteiger charge is -2.22. The maximum Gasteiger partial charge on any atom is 0.416 e. The van der Waals surface area contributed by atoms with Gasteiger partial charge in [-0.15, -0.1) is 0 Å². The average Bonchev–Trinajstić information content (AvgIpc) is 2.84. The van der Waals surface area contributed by atoms with E-state index in [9.17, 15) is 13.2 Å². The number of alkyl halides is 3. The molecule has 2 atom stereocenters. The molecule has 0 radical (unpaired) electrons.